The van der Waals surface area contributed by atoms with Crippen LogP contribution in [0.5, 0.6) is 23.0 Å². The average molecular weight is 649 g/mol. The molecule has 1 heterocycles. The molecule has 1 fully saturated rings. The molecule has 0 radical (unpaired) electrons. The lowest BCUT2D eigenvalue weighted by Crippen LogP contribution is -2.60. The number of aryl methyl sites for hydroxylation is 2. The molecule has 7 N–H and O–H groups in total. The monoisotopic (exact) mass is 648 g/mol. The summed E-state index contributed by atoms with van der Waals surface area (Å²) >= 11 is 0. The Hall–Kier alpha value is -3.42. The van der Waals surface area contributed by atoms with Crippen LogP contribution in [0, 0.1) is 0 Å². The summed E-state index contributed by atoms with van der Waals surface area (Å²) in [5.41, 5.74) is 0.235. The van der Waals surface area contributed by atoms with Gasteiger partial charge < -0.3 is 50.0 Å². The summed E-state index contributed by atoms with van der Waals surface area (Å²) in [6.45, 7) is 3.50. The summed E-state index contributed by atoms with van der Waals surface area (Å²) in [4.78, 5) is 25.1. The van der Waals surface area contributed by atoms with Crippen molar-refractivity contribution in [3.8, 4) is 23.0 Å². The van der Waals surface area contributed by atoms with Crippen molar-refractivity contribution in [1.82, 2.24) is 0 Å². The Balaban J connectivity index is 2.05. The van der Waals surface area contributed by atoms with Gasteiger partial charge in [-0.25, -0.2) is 9.59 Å². The van der Waals surface area contributed by atoms with E-state index in [1.165, 1.54) is 18.2 Å². The molecule has 12 heteroatoms. The van der Waals surface area contributed by atoms with Gasteiger partial charge in [-0.2, -0.15) is 0 Å². The number of phenols is 1. The first-order valence-electron chi connectivity index (χ1n) is 16.2. The van der Waals surface area contributed by atoms with Crippen molar-refractivity contribution in [2.75, 3.05) is 6.61 Å². The second kappa shape index (κ2) is 18.1. The van der Waals surface area contributed by atoms with Crippen molar-refractivity contribution < 1.29 is 59.5 Å². The quantitative estimate of drug-likeness (QED) is 0.103. The Morgan fingerprint density at radius 1 is 0.717 bits per heavy atom. The molecule has 2 aromatic rings. The normalized spacial score (nSPS) is 21.2. The summed E-state index contributed by atoms with van der Waals surface area (Å²) in [6.07, 6.45) is 2.00. The summed E-state index contributed by atoms with van der Waals surface area (Å²) in [6, 6.07) is 5.13. The molecule has 3 rings (SSSR count). The first-order chi connectivity index (χ1) is 22.0. The number of unbranched alkanes of at least 4 members (excludes halogenated alkanes) is 8. The van der Waals surface area contributed by atoms with E-state index < -0.39 is 49.3 Å². The molecule has 0 unspecified atom stereocenters. The number of carbonyl (C=O) groups is 2. The van der Waals surface area contributed by atoms with E-state index in [-0.39, 0.29) is 34.1 Å². The third-order valence-electron chi connectivity index (χ3n) is 8.17. The molecule has 1 saturated heterocycles. The van der Waals surface area contributed by atoms with E-state index in [0.717, 1.165) is 57.4 Å². The minimum Gasteiger partial charge on any atom is -0.508 e. The van der Waals surface area contributed by atoms with Gasteiger partial charge in [0.05, 0.1) is 6.61 Å². The number of aromatic carboxylic acids is 2. The van der Waals surface area contributed by atoms with Gasteiger partial charge in [-0.15, -0.1) is 0 Å². The minimum atomic E-state index is -1.72. The summed E-state index contributed by atoms with van der Waals surface area (Å²) < 4.78 is 17.3. The molecule has 1 aliphatic heterocycles. The van der Waals surface area contributed by atoms with Gasteiger partial charge in [-0.05, 0) is 48.9 Å². The summed E-state index contributed by atoms with van der Waals surface area (Å²) in [5, 5.41) is 71.5. The molecule has 2 aromatic carbocycles. The van der Waals surface area contributed by atoms with Crippen LogP contribution in [0.15, 0.2) is 24.3 Å². The van der Waals surface area contributed by atoms with Crippen LogP contribution in [0.4, 0.5) is 0 Å². The van der Waals surface area contributed by atoms with Crippen LogP contribution < -0.4 is 9.47 Å². The molecule has 0 saturated carbocycles. The minimum absolute atomic E-state index is 0.0268. The van der Waals surface area contributed by atoms with E-state index in [1.54, 1.807) is 0 Å². The Labute approximate surface area is 269 Å². The van der Waals surface area contributed by atoms with Crippen molar-refractivity contribution in [1.29, 1.82) is 0 Å². The van der Waals surface area contributed by atoms with Gasteiger partial charge in [0.1, 0.15) is 58.5 Å². The summed E-state index contributed by atoms with van der Waals surface area (Å²) in [7, 11) is 0. The zero-order valence-electron chi connectivity index (χ0n) is 26.6. The zero-order chi connectivity index (χ0) is 33.8. The Kier molecular flexibility index (Phi) is 14.5. The highest BCUT2D eigenvalue weighted by molar-refractivity contribution is 5.95. The lowest BCUT2D eigenvalue weighted by Gasteiger charge is -2.39. The number of phenolic OH excluding ortho intramolecular Hbond substituents is 1. The third kappa shape index (κ3) is 9.79. The SMILES string of the molecule is CCCCCCCc1cc(O)cc(Oc2cc(O[C@@H]3O[C@H](CO)[C@H](O)[C@H](O)[C@H]3O)cc(CCCCCCC)c2C(=O)O)c1C(=O)O. The molecule has 5 atom stereocenters. The number of aliphatic hydroxyl groups excluding tert-OH is 4. The van der Waals surface area contributed by atoms with Crippen molar-refractivity contribution in [2.24, 2.45) is 0 Å². The van der Waals surface area contributed by atoms with E-state index in [0.29, 0.717) is 36.8 Å². The number of carboxylic acids is 2. The fourth-order valence-corrected chi connectivity index (χ4v) is 5.67. The number of aliphatic hydroxyl groups is 4. The van der Waals surface area contributed by atoms with Crippen LogP contribution in [0.25, 0.3) is 0 Å². The molecule has 1 aliphatic rings. The number of benzene rings is 2. The van der Waals surface area contributed by atoms with Gasteiger partial charge in [0, 0.05) is 12.1 Å². The van der Waals surface area contributed by atoms with E-state index in [4.69, 9.17) is 14.2 Å². The first kappa shape index (κ1) is 37.0. The van der Waals surface area contributed by atoms with Crippen LogP contribution in [0.3, 0.4) is 0 Å². The molecule has 0 amide bonds. The van der Waals surface area contributed by atoms with E-state index in [2.05, 4.69) is 13.8 Å². The van der Waals surface area contributed by atoms with Crippen molar-refractivity contribution >= 4 is 11.9 Å². The number of hydrogen-bond donors (Lipinski definition) is 7. The largest absolute Gasteiger partial charge is 0.508 e. The Morgan fingerprint density at radius 2 is 1.24 bits per heavy atom. The Bertz CT molecular complexity index is 1290. The molecule has 0 bridgehead atoms. The maximum Gasteiger partial charge on any atom is 0.339 e. The highest BCUT2D eigenvalue weighted by Gasteiger charge is 2.45. The third-order valence-corrected chi connectivity index (χ3v) is 8.17. The van der Waals surface area contributed by atoms with Crippen LogP contribution >= 0.6 is 0 Å². The number of hydrogen-bond acceptors (Lipinski definition) is 10. The topological polar surface area (TPSA) is 203 Å². The lowest BCUT2D eigenvalue weighted by molar-refractivity contribution is -0.277. The summed E-state index contributed by atoms with van der Waals surface area (Å²) in [5.74, 6) is -3.42. The van der Waals surface area contributed by atoms with Gasteiger partial charge in [0.15, 0.2) is 0 Å². The predicted octanol–water partition coefficient (Wildman–Crippen LogP) is 4.79. The molecule has 46 heavy (non-hydrogen) atoms. The predicted molar refractivity (Wildman–Crippen MR) is 168 cm³/mol. The van der Waals surface area contributed by atoms with Crippen LogP contribution in [-0.4, -0.2) is 85.0 Å². The van der Waals surface area contributed by atoms with Gasteiger partial charge >= 0.3 is 11.9 Å². The van der Waals surface area contributed by atoms with Crippen LogP contribution in [-0.2, 0) is 17.6 Å². The van der Waals surface area contributed by atoms with E-state index in [9.17, 15) is 45.3 Å². The number of ether oxygens (including phenoxy) is 3. The second-order valence-corrected chi connectivity index (χ2v) is 11.8. The van der Waals surface area contributed by atoms with Crippen molar-refractivity contribution in [3.63, 3.8) is 0 Å². The molecule has 0 aliphatic carbocycles. The molecule has 0 aromatic heterocycles. The van der Waals surface area contributed by atoms with Crippen molar-refractivity contribution in [2.45, 2.75) is 122 Å². The molecule has 0 spiro atoms. The second-order valence-electron chi connectivity index (χ2n) is 11.8. The molecule has 256 valence electrons. The zero-order valence-corrected chi connectivity index (χ0v) is 26.6. The fourth-order valence-electron chi connectivity index (χ4n) is 5.67. The molecular weight excluding hydrogens is 600 g/mol. The van der Waals surface area contributed by atoms with Gasteiger partial charge in [-0.3, -0.25) is 0 Å². The number of aromatic hydroxyl groups is 1. The maximum absolute atomic E-state index is 12.6. The van der Waals surface area contributed by atoms with Gasteiger partial charge in [0.2, 0.25) is 6.29 Å². The maximum atomic E-state index is 12.6. The molecular formula is C34H48O12. The Morgan fingerprint density at radius 3 is 1.76 bits per heavy atom. The number of carboxylic acid groups (broad SMARTS) is 2. The van der Waals surface area contributed by atoms with E-state index >= 15 is 0 Å². The highest BCUT2D eigenvalue weighted by atomic mass is 16.7. The van der Waals surface area contributed by atoms with Crippen molar-refractivity contribution in [3.05, 3.63) is 46.5 Å². The van der Waals surface area contributed by atoms with Gasteiger partial charge in [0.25, 0.3) is 0 Å². The lowest BCUT2D eigenvalue weighted by atomic mass is 9.98. The molecule has 12 nitrogen and oxygen atoms in total. The smallest absolute Gasteiger partial charge is 0.339 e. The standard InChI is InChI=1S/C34H48O12/c1-3-5-7-9-11-13-20-15-22(36)17-24(27(20)32(40)41)45-25-18-23(44-34-31(39)30(38)29(37)26(19-35)46-34)16-21(28(25)33(42)43)14-12-10-8-6-4-2/h15-18,26,29-31,34-39H,3-14,19H2,1-2H3,(H,40,41)(H,42,43)/t26-,29+,30+,31-,34-/m1/s1. The first-order valence-corrected chi connectivity index (χ1v) is 16.2. The number of rotatable bonds is 19. The highest BCUT2D eigenvalue weighted by Crippen LogP contribution is 2.39. The van der Waals surface area contributed by atoms with Crippen LogP contribution in [0.1, 0.15) is 110 Å². The van der Waals surface area contributed by atoms with Gasteiger partial charge in [-0.1, -0.05) is 65.2 Å². The fraction of sp³-hybridized carbons (Fsp3) is 0.588. The van der Waals surface area contributed by atoms with Crippen LogP contribution in [0.2, 0.25) is 0 Å². The average Bonchev–Trinajstić information content (AvgIpc) is 3.00. The van der Waals surface area contributed by atoms with E-state index in [1.807, 2.05) is 0 Å².